The van der Waals surface area contributed by atoms with Crippen LogP contribution in [-0.2, 0) is 6.54 Å². The van der Waals surface area contributed by atoms with Gasteiger partial charge in [0, 0.05) is 25.0 Å². The second kappa shape index (κ2) is 9.36. The highest BCUT2D eigenvalue weighted by atomic mass is 35.5. The van der Waals surface area contributed by atoms with E-state index < -0.39 is 0 Å². The molecule has 1 heterocycles. The largest absolute Gasteiger partial charge is 0.497 e. The molecular weight excluding hydrogens is 300 g/mol. The number of hydrogen-bond acceptors (Lipinski definition) is 3. The van der Waals surface area contributed by atoms with Crippen LogP contribution in [0.25, 0.3) is 0 Å². The summed E-state index contributed by atoms with van der Waals surface area (Å²) in [5, 5.41) is 0.597. The predicted molar refractivity (Wildman–Crippen MR) is 88.8 cm³/mol. The Labute approximate surface area is 137 Å². The molecule has 22 heavy (non-hydrogen) atoms. The molecule has 0 saturated carbocycles. The Morgan fingerprint density at radius 1 is 1.14 bits per heavy atom. The fourth-order valence-electron chi connectivity index (χ4n) is 2.25. The van der Waals surface area contributed by atoms with Crippen molar-refractivity contribution in [2.24, 2.45) is 0 Å². The Hall–Kier alpha value is -1.68. The van der Waals surface area contributed by atoms with E-state index in [-0.39, 0.29) is 0 Å². The van der Waals surface area contributed by atoms with Gasteiger partial charge in [0.25, 0.3) is 0 Å². The van der Waals surface area contributed by atoms with Crippen LogP contribution < -0.4 is 9.47 Å². The lowest BCUT2D eigenvalue weighted by molar-refractivity contribution is 0.303. The first-order valence-corrected chi connectivity index (χ1v) is 8.09. The van der Waals surface area contributed by atoms with Crippen molar-refractivity contribution in [3.63, 3.8) is 0 Å². The van der Waals surface area contributed by atoms with Gasteiger partial charge in [-0.2, -0.15) is 0 Å². The molecular formula is C17H23ClN2O2. The molecule has 0 saturated heterocycles. The number of aromatic nitrogens is 2. The SMILES string of the molecule is COc1ccc(OCCCCCCCn2ccnc2)c(Cl)c1. The second-order valence-electron chi connectivity index (χ2n) is 5.21. The smallest absolute Gasteiger partial charge is 0.138 e. The zero-order valence-electron chi connectivity index (χ0n) is 13.0. The molecule has 5 heteroatoms. The minimum atomic E-state index is 0.597. The van der Waals surface area contributed by atoms with Gasteiger partial charge in [-0.05, 0) is 25.0 Å². The summed E-state index contributed by atoms with van der Waals surface area (Å²) in [5.41, 5.74) is 0. The van der Waals surface area contributed by atoms with E-state index in [0.29, 0.717) is 11.6 Å². The molecule has 2 rings (SSSR count). The lowest BCUT2D eigenvalue weighted by Gasteiger charge is -2.09. The Morgan fingerprint density at radius 3 is 2.68 bits per heavy atom. The summed E-state index contributed by atoms with van der Waals surface area (Å²) in [4.78, 5) is 4.04. The first-order valence-electron chi connectivity index (χ1n) is 7.71. The zero-order valence-corrected chi connectivity index (χ0v) is 13.8. The van der Waals surface area contributed by atoms with E-state index in [1.165, 1.54) is 25.7 Å². The molecule has 0 amide bonds. The summed E-state index contributed by atoms with van der Waals surface area (Å²) >= 11 is 6.13. The van der Waals surface area contributed by atoms with Crippen LogP contribution >= 0.6 is 11.6 Å². The summed E-state index contributed by atoms with van der Waals surface area (Å²) in [5.74, 6) is 1.47. The van der Waals surface area contributed by atoms with Crippen LogP contribution in [0.4, 0.5) is 0 Å². The molecule has 120 valence electrons. The third-order valence-electron chi connectivity index (χ3n) is 3.52. The Balaban J connectivity index is 1.52. The van der Waals surface area contributed by atoms with E-state index >= 15 is 0 Å². The highest BCUT2D eigenvalue weighted by molar-refractivity contribution is 6.32. The van der Waals surface area contributed by atoms with Crippen molar-refractivity contribution in [1.29, 1.82) is 0 Å². The number of imidazole rings is 1. The Morgan fingerprint density at radius 2 is 1.95 bits per heavy atom. The van der Waals surface area contributed by atoms with Gasteiger partial charge in [0.2, 0.25) is 0 Å². The molecule has 0 radical (unpaired) electrons. The number of methoxy groups -OCH3 is 1. The fraction of sp³-hybridized carbons (Fsp3) is 0.471. The number of rotatable bonds is 10. The van der Waals surface area contributed by atoms with E-state index in [1.54, 1.807) is 13.2 Å². The molecule has 0 bridgehead atoms. The van der Waals surface area contributed by atoms with E-state index in [2.05, 4.69) is 9.55 Å². The number of aryl methyl sites for hydroxylation is 1. The number of halogens is 1. The van der Waals surface area contributed by atoms with Gasteiger partial charge in [-0.1, -0.05) is 30.9 Å². The number of unbranched alkanes of at least 4 members (excludes halogenated alkanes) is 4. The molecule has 0 spiro atoms. The average molecular weight is 323 g/mol. The highest BCUT2D eigenvalue weighted by Gasteiger charge is 2.03. The maximum absolute atomic E-state index is 6.13. The summed E-state index contributed by atoms with van der Waals surface area (Å²) in [7, 11) is 1.62. The minimum absolute atomic E-state index is 0.597. The number of ether oxygens (including phenoxy) is 2. The Kier molecular flexibility index (Phi) is 7.10. The number of nitrogens with zero attached hydrogens (tertiary/aromatic N) is 2. The van der Waals surface area contributed by atoms with Crippen LogP contribution in [0.1, 0.15) is 32.1 Å². The van der Waals surface area contributed by atoms with Crippen molar-refractivity contribution in [2.45, 2.75) is 38.6 Å². The minimum Gasteiger partial charge on any atom is -0.497 e. The van der Waals surface area contributed by atoms with E-state index in [1.807, 2.05) is 30.9 Å². The van der Waals surface area contributed by atoms with Gasteiger partial charge in [-0.25, -0.2) is 4.98 Å². The predicted octanol–water partition coefficient (Wildman–Crippen LogP) is 4.57. The van der Waals surface area contributed by atoms with Crippen molar-refractivity contribution in [3.8, 4) is 11.5 Å². The van der Waals surface area contributed by atoms with Crippen molar-refractivity contribution in [2.75, 3.05) is 13.7 Å². The first-order chi connectivity index (χ1) is 10.8. The number of hydrogen-bond donors (Lipinski definition) is 0. The van der Waals surface area contributed by atoms with Gasteiger partial charge in [-0.15, -0.1) is 0 Å². The van der Waals surface area contributed by atoms with Gasteiger partial charge >= 0.3 is 0 Å². The standard InChI is InChI=1S/C17H23ClN2O2/c1-21-15-7-8-17(16(18)13-15)22-12-6-4-2-3-5-10-20-11-9-19-14-20/h7-9,11,13-14H,2-6,10,12H2,1H3. The maximum Gasteiger partial charge on any atom is 0.138 e. The second-order valence-corrected chi connectivity index (χ2v) is 5.62. The molecule has 0 fully saturated rings. The first kappa shape index (κ1) is 16.7. The van der Waals surface area contributed by atoms with Gasteiger partial charge < -0.3 is 14.0 Å². The molecule has 0 N–H and O–H groups in total. The summed E-state index contributed by atoms with van der Waals surface area (Å²) in [6.07, 6.45) is 11.6. The Bertz CT molecular complexity index is 544. The topological polar surface area (TPSA) is 36.3 Å². The summed E-state index contributed by atoms with van der Waals surface area (Å²) in [6, 6.07) is 5.48. The normalized spacial score (nSPS) is 10.6. The fourth-order valence-corrected chi connectivity index (χ4v) is 2.48. The quantitative estimate of drug-likeness (QED) is 0.601. The number of benzene rings is 1. The van der Waals surface area contributed by atoms with Crippen molar-refractivity contribution in [3.05, 3.63) is 41.9 Å². The van der Waals surface area contributed by atoms with E-state index in [9.17, 15) is 0 Å². The maximum atomic E-state index is 6.13. The zero-order chi connectivity index (χ0) is 15.6. The highest BCUT2D eigenvalue weighted by Crippen LogP contribution is 2.28. The third kappa shape index (κ3) is 5.60. The van der Waals surface area contributed by atoms with Crippen LogP contribution in [0.5, 0.6) is 11.5 Å². The summed E-state index contributed by atoms with van der Waals surface area (Å²) < 4.78 is 12.9. The molecule has 0 unspecified atom stereocenters. The molecule has 4 nitrogen and oxygen atoms in total. The van der Waals surface area contributed by atoms with Crippen LogP contribution in [0.3, 0.4) is 0 Å². The van der Waals surface area contributed by atoms with Crippen molar-refractivity contribution >= 4 is 11.6 Å². The van der Waals surface area contributed by atoms with Crippen molar-refractivity contribution < 1.29 is 9.47 Å². The molecule has 0 aliphatic heterocycles. The van der Waals surface area contributed by atoms with Crippen LogP contribution in [0.15, 0.2) is 36.9 Å². The van der Waals surface area contributed by atoms with E-state index in [4.69, 9.17) is 21.1 Å². The van der Waals surface area contributed by atoms with Crippen LogP contribution in [-0.4, -0.2) is 23.3 Å². The van der Waals surface area contributed by atoms with Gasteiger partial charge in [0.15, 0.2) is 0 Å². The lowest BCUT2D eigenvalue weighted by Crippen LogP contribution is -1.98. The molecule has 0 aliphatic carbocycles. The average Bonchev–Trinajstić information content (AvgIpc) is 3.04. The van der Waals surface area contributed by atoms with Crippen LogP contribution in [0.2, 0.25) is 5.02 Å². The van der Waals surface area contributed by atoms with Crippen LogP contribution in [0, 0.1) is 0 Å². The monoisotopic (exact) mass is 322 g/mol. The molecule has 0 atom stereocenters. The summed E-state index contributed by atoms with van der Waals surface area (Å²) in [6.45, 7) is 1.76. The van der Waals surface area contributed by atoms with E-state index in [0.717, 1.165) is 24.5 Å². The molecule has 0 aliphatic rings. The van der Waals surface area contributed by atoms with Gasteiger partial charge in [0.05, 0.1) is 25.1 Å². The van der Waals surface area contributed by atoms with Gasteiger partial charge in [-0.3, -0.25) is 0 Å². The lowest BCUT2D eigenvalue weighted by atomic mass is 10.1. The molecule has 2 aromatic rings. The van der Waals surface area contributed by atoms with Crippen molar-refractivity contribution in [1.82, 2.24) is 9.55 Å². The third-order valence-corrected chi connectivity index (χ3v) is 3.81. The van der Waals surface area contributed by atoms with Gasteiger partial charge in [0.1, 0.15) is 11.5 Å². The molecule has 1 aromatic heterocycles. The molecule has 1 aromatic carbocycles.